The lowest BCUT2D eigenvalue weighted by Gasteiger charge is -2.16. The normalized spacial score (nSPS) is 12.6. The molecule has 0 aliphatic rings. The molecule has 3 nitrogen and oxygen atoms in total. The first kappa shape index (κ1) is 12.2. The molecule has 0 saturated carbocycles. The molecule has 0 fully saturated rings. The van der Waals surface area contributed by atoms with Gasteiger partial charge >= 0.3 is 0 Å². The third kappa shape index (κ3) is 3.11. The highest BCUT2D eigenvalue weighted by molar-refractivity contribution is 7.99. The van der Waals surface area contributed by atoms with Gasteiger partial charge in [-0.15, -0.1) is 11.8 Å². The Morgan fingerprint density at radius 2 is 2.06 bits per heavy atom. The number of rotatable bonds is 5. The monoisotopic (exact) mass is 247 g/mol. The Morgan fingerprint density at radius 1 is 1.29 bits per heavy atom. The third-order valence-corrected chi connectivity index (χ3v) is 3.83. The molecule has 0 aliphatic heterocycles. The molecule has 1 N–H and O–H groups in total. The minimum absolute atomic E-state index is 0.327. The molecule has 2 rings (SSSR count). The lowest BCUT2D eigenvalue weighted by Crippen LogP contribution is -2.21. The van der Waals surface area contributed by atoms with E-state index in [1.54, 1.807) is 0 Å². The largest absolute Gasteiger partial charge is 0.311 e. The molecule has 1 heterocycles. The Hall–Kier alpha value is -1.26. The first-order chi connectivity index (χ1) is 8.31. The average molecular weight is 247 g/mol. The molecule has 2 aromatic rings. The lowest BCUT2D eigenvalue weighted by molar-refractivity contribution is 0.586. The number of benzene rings is 1. The van der Waals surface area contributed by atoms with Crippen LogP contribution in [0.1, 0.15) is 11.7 Å². The summed E-state index contributed by atoms with van der Waals surface area (Å²) in [5, 5.41) is 7.54. The smallest absolute Gasteiger partial charge is 0.0584 e. The van der Waals surface area contributed by atoms with Crippen LogP contribution in [0.2, 0.25) is 0 Å². The second kappa shape index (κ2) is 5.89. The predicted octanol–water partition coefficient (Wildman–Crippen LogP) is 2.47. The van der Waals surface area contributed by atoms with E-state index in [2.05, 4.69) is 40.7 Å². The van der Waals surface area contributed by atoms with Crippen molar-refractivity contribution in [3.05, 3.63) is 48.3 Å². The van der Waals surface area contributed by atoms with Crippen molar-refractivity contribution >= 4 is 11.8 Å². The molecule has 0 amide bonds. The summed E-state index contributed by atoms with van der Waals surface area (Å²) >= 11 is 1.86. The first-order valence-electron chi connectivity index (χ1n) is 5.64. The van der Waals surface area contributed by atoms with Crippen LogP contribution < -0.4 is 5.32 Å². The molecule has 17 heavy (non-hydrogen) atoms. The van der Waals surface area contributed by atoms with Crippen molar-refractivity contribution < 1.29 is 0 Å². The lowest BCUT2D eigenvalue weighted by atomic mass is 10.2. The predicted molar refractivity (Wildman–Crippen MR) is 72.2 cm³/mol. The Labute approximate surface area is 106 Å². The maximum absolute atomic E-state index is 4.21. The number of nitrogens with one attached hydrogen (secondary N) is 1. The molecule has 1 atom stereocenters. The van der Waals surface area contributed by atoms with E-state index in [9.17, 15) is 0 Å². The van der Waals surface area contributed by atoms with Crippen molar-refractivity contribution in [2.24, 2.45) is 7.05 Å². The molecule has 0 saturated heterocycles. The number of aromatic nitrogens is 2. The fourth-order valence-electron chi connectivity index (χ4n) is 1.74. The van der Waals surface area contributed by atoms with Gasteiger partial charge < -0.3 is 5.32 Å². The highest BCUT2D eigenvalue weighted by Crippen LogP contribution is 2.23. The molecule has 1 unspecified atom stereocenters. The van der Waals surface area contributed by atoms with Crippen molar-refractivity contribution in [2.75, 3.05) is 12.8 Å². The Bertz CT molecular complexity index is 453. The molecule has 0 aliphatic carbocycles. The fourth-order valence-corrected chi connectivity index (χ4v) is 2.78. The van der Waals surface area contributed by atoms with E-state index in [-0.39, 0.29) is 0 Å². The summed E-state index contributed by atoms with van der Waals surface area (Å²) in [6.07, 6.45) is 1.84. The minimum Gasteiger partial charge on any atom is -0.311 e. The molecule has 90 valence electrons. The molecule has 0 bridgehead atoms. The van der Waals surface area contributed by atoms with Gasteiger partial charge in [0.05, 0.1) is 11.7 Å². The second-order valence-corrected chi connectivity index (χ2v) is 4.94. The van der Waals surface area contributed by atoms with Crippen LogP contribution in [0.5, 0.6) is 0 Å². The van der Waals surface area contributed by atoms with Crippen LogP contribution in [0.15, 0.2) is 47.5 Å². The number of hydrogen-bond donors (Lipinski definition) is 1. The third-order valence-electron chi connectivity index (χ3n) is 2.72. The standard InChI is InChI=1S/C13H17N3S/c1-14-12(13-8-9-15-16(13)2)10-17-11-6-4-3-5-7-11/h3-9,12,14H,10H2,1-2H3. The summed E-state index contributed by atoms with van der Waals surface area (Å²) in [5.41, 5.74) is 1.22. The van der Waals surface area contributed by atoms with Gasteiger partial charge in [-0.25, -0.2) is 0 Å². The van der Waals surface area contributed by atoms with Crippen LogP contribution in [-0.4, -0.2) is 22.6 Å². The highest BCUT2D eigenvalue weighted by Gasteiger charge is 2.12. The van der Waals surface area contributed by atoms with Gasteiger partial charge in [-0.2, -0.15) is 5.10 Å². The Kier molecular flexibility index (Phi) is 4.23. The van der Waals surface area contributed by atoms with Crippen LogP contribution in [0, 0.1) is 0 Å². The van der Waals surface area contributed by atoms with E-state index in [0.717, 1.165) is 5.75 Å². The van der Waals surface area contributed by atoms with Crippen LogP contribution in [0.25, 0.3) is 0 Å². The summed E-state index contributed by atoms with van der Waals surface area (Å²) in [6.45, 7) is 0. The fraction of sp³-hybridized carbons (Fsp3) is 0.308. The Morgan fingerprint density at radius 3 is 2.65 bits per heavy atom. The summed E-state index contributed by atoms with van der Waals surface area (Å²) in [5.74, 6) is 1.00. The van der Waals surface area contributed by atoms with Crippen molar-refractivity contribution in [1.82, 2.24) is 15.1 Å². The van der Waals surface area contributed by atoms with Crippen molar-refractivity contribution in [3.8, 4) is 0 Å². The summed E-state index contributed by atoms with van der Waals surface area (Å²) in [7, 11) is 3.97. The van der Waals surface area contributed by atoms with E-state index in [4.69, 9.17) is 0 Å². The van der Waals surface area contributed by atoms with Crippen LogP contribution in [0.4, 0.5) is 0 Å². The van der Waals surface area contributed by atoms with Crippen LogP contribution in [0.3, 0.4) is 0 Å². The van der Waals surface area contributed by atoms with E-state index in [1.807, 2.05) is 42.8 Å². The number of thioether (sulfide) groups is 1. The minimum atomic E-state index is 0.327. The maximum Gasteiger partial charge on any atom is 0.0584 e. The van der Waals surface area contributed by atoms with Gasteiger partial charge in [0, 0.05) is 23.9 Å². The highest BCUT2D eigenvalue weighted by atomic mass is 32.2. The van der Waals surface area contributed by atoms with Gasteiger partial charge in [-0.05, 0) is 25.2 Å². The van der Waals surface area contributed by atoms with Gasteiger partial charge in [-0.1, -0.05) is 18.2 Å². The maximum atomic E-state index is 4.21. The van der Waals surface area contributed by atoms with Gasteiger partial charge in [0.1, 0.15) is 0 Å². The Balaban J connectivity index is 2.00. The van der Waals surface area contributed by atoms with Crippen molar-refractivity contribution in [3.63, 3.8) is 0 Å². The molecule has 1 aromatic heterocycles. The molecular weight excluding hydrogens is 230 g/mol. The summed E-state index contributed by atoms with van der Waals surface area (Å²) in [4.78, 5) is 1.30. The van der Waals surface area contributed by atoms with E-state index in [1.165, 1.54) is 10.6 Å². The summed E-state index contributed by atoms with van der Waals surface area (Å²) < 4.78 is 1.92. The van der Waals surface area contributed by atoms with Gasteiger partial charge in [-0.3, -0.25) is 4.68 Å². The topological polar surface area (TPSA) is 29.9 Å². The van der Waals surface area contributed by atoms with Crippen LogP contribution >= 0.6 is 11.8 Å². The zero-order chi connectivity index (χ0) is 12.1. The van der Waals surface area contributed by atoms with Crippen molar-refractivity contribution in [2.45, 2.75) is 10.9 Å². The van der Waals surface area contributed by atoms with E-state index >= 15 is 0 Å². The summed E-state index contributed by atoms with van der Waals surface area (Å²) in [6, 6.07) is 12.9. The van der Waals surface area contributed by atoms with Gasteiger partial charge in [0.25, 0.3) is 0 Å². The van der Waals surface area contributed by atoms with E-state index in [0.29, 0.717) is 6.04 Å². The van der Waals surface area contributed by atoms with Gasteiger partial charge in [0.15, 0.2) is 0 Å². The molecule has 0 radical (unpaired) electrons. The quantitative estimate of drug-likeness (QED) is 0.823. The zero-order valence-corrected chi connectivity index (χ0v) is 10.9. The second-order valence-electron chi connectivity index (χ2n) is 3.84. The van der Waals surface area contributed by atoms with Crippen molar-refractivity contribution in [1.29, 1.82) is 0 Å². The molecule has 4 heteroatoms. The van der Waals surface area contributed by atoms with Gasteiger partial charge in [0.2, 0.25) is 0 Å². The SMILES string of the molecule is CNC(CSc1ccccc1)c1ccnn1C. The number of aryl methyl sites for hydroxylation is 1. The first-order valence-corrected chi connectivity index (χ1v) is 6.63. The molecule has 1 aromatic carbocycles. The molecule has 0 spiro atoms. The van der Waals surface area contributed by atoms with Crippen LogP contribution in [-0.2, 0) is 7.05 Å². The van der Waals surface area contributed by atoms with E-state index < -0.39 is 0 Å². The molecular formula is C13H17N3S. The number of hydrogen-bond acceptors (Lipinski definition) is 3. The average Bonchev–Trinajstić information content (AvgIpc) is 2.78. The zero-order valence-electron chi connectivity index (χ0n) is 10.1. The number of nitrogens with zero attached hydrogens (tertiary/aromatic N) is 2.